The van der Waals surface area contributed by atoms with Crippen molar-refractivity contribution in [2.45, 2.75) is 38.8 Å². The Bertz CT molecular complexity index is 599. The largest absolute Gasteiger partial charge is 0.383 e. The van der Waals surface area contributed by atoms with Crippen molar-refractivity contribution >= 4 is 15.7 Å². The van der Waals surface area contributed by atoms with Gasteiger partial charge in [0.25, 0.3) is 5.91 Å². The number of carbonyl (C=O) groups is 1. The van der Waals surface area contributed by atoms with Gasteiger partial charge in [-0.25, -0.2) is 8.42 Å². The van der Waals surface area contributed by atoms with E-state index in [-0.39, 0.29) is 23.1 Å². The Kier molecular flexibility index (Phi) is 6.59. The maximum absolute atomic E-state index is 12.2. The molecule has 0 aromatic carbocycles. The van der Waals surface area contributed by atoms with Crippen LogP contribution < -0.4 is 5.32 Å². The molecule has 23 heavy (non-hydrogen) atoms. The third kappa shape index (κ3) is 6.59. The molecule has 0 aromatic rings. The van der Waals surface area contributed by atoms with Crippen LogP contribution in [-0.4, -0.2) is 62.6 Å². The lowest BCUT2D eigenvalue weighted by Gasteiger charge is -2.27. The van der Waals surface area contributed by atoms with Crippen LogP contribution in [0.1, 0.15) is 27.2 Å². The van der Waals surface area contributed by atoms with E-state index in [1.54, 1.807) is 12.0 Å². The molecule has 8 heteroatoms. The van der Waals surface area contributed by atoms with Crippen LogP contribution in [0.25, 0.3) is 0 Å². The molecule has 0 saturated carbocycles. The zero-order chi connectivity index (χ0) is 17.7. The summed E-state index contributed by atoms with van der Waals surface area (Å²) in [6.07, 6.45) is 1.94. The summed E-state index contributed by atoms with van der Waals surface area (Å²) in [7, 11) is -1.51. The summed E-state index contributed by atoms with van der Waals surface area (Å²) < 4.78 is 28.4. The van der Waals surface area contributed by atoms with E-state index in [1.807, 2.05) is 26.8 Å². The molecule has 1 atom stereocenters. The molecule has 1 aliphatic rings. The summed E-state index contributed by atoms with van der Waals surface area (Å²) in [5, 5.41) is 12.0. The Morgan fingerprint density at radius 1 is 1.48 bits per heavy atom. The van der Waals surface area contributed by atoms with Crippen LogP contribution in [0.4, 0.5) is 0 Å². The van der Waals surface area contributed by atoms with Gasteiger partial charge in [-0.05, 0) is 27.2 Å². The number of rotatable bonds is 6. The zero-order valence-corrected chi connectivity index (χ0v) is 14.9. The number of nitriles is 1. The average Bonchev–Trinajstić information content (AvgIpc) is 2.77. The molecule has 1 aliphatic heterocycles. The first-order valence-electron chi connectivity index (χ1n) is 7.47. The van der Waals surface area contributed by atoms with Crippen LogP contribution in [0, 0.1) is 11.3 Å². The summed E-state index contributed by atoms with van der Waals surface area (Å²) in [6, 6.07) is 1.66. The third-order valence-corrected chi connectivity index (χ3v) is 5.13. The number of nitrogens with zero attached hydrogens (tertiary/aromatic N) is 2. The first kappa shape index (κ1) is 19.5. The normalized spacial score (nSPS) is 20.8. The van der Waals surface area contributed by atoms with Crippen LogP contribution in [0.3, 0.4) is 0 Å². The number of hydrogen-bond donors (Lipinski definition) is 1. The van der Waals surface area contributed by atoms with E-state index in [9.17, 15) is 18.5 Å². The fraction of sp³-hybridized carbons (Fsp3) is 0.733. The fourth-order valence-electron chi connectivity index (χ4n) is 2.30. The topological polar surface area (TPSA) is 99.5 Å². The van der Waals surface area contributed by atoms with Crippen LogP contribution in [0.2, 0.25) is 0 Å². The van der Waals surface area contributed by atoms with Crippen molar-refractivity contribution in [1.29, 1.82) is 5.26 Å². The Morgan fingerprint density at radius 3 is 2.57 bits per heavy atom. The molecule has 0 radical (unpaired) electrons. The fourth-order valence-corrected chi connectivity index (χ4v) is 4.04. The molecule has 1 fully saturated rings. The highest BCUT2D eigenvalue weighted by atomic mass is 32.2. The quantitative estimate of drug-likeness (QED) is 0.555. The predicted molar refractivity (Wildman–Crippen MR) is 87.2 cm³/mol. The summed E-state index contributed by atoms with van der Waals surface area (Å²) in [5.74, 6) is -0.305. The van der Waals surface area contributed by atoms with E-state index in [4.69, 9.17) is 4.74 Å². The third-order valence-electron chi connectivity index (χ3n) is 3.38. The molecule has 1 amide bonds. The smallest absolute Gasteiger partial charge is 0.263 e. The standard InChI is InChI=1S/C15H25N3O4S/c1-15(2,3)17-14(19)12(9-16)10-18(6-7-22-4)13-5-8-23(20,21)11-13/h10,13H,5-8,11H2,1-4H3,(H,17,19)/b12-10-. The highest BCUT2D eigenvalue weighted by Gasteiger charge is 2.31. The lowest BCUT2D eigenvalue weighted by atomic mass is 10.1. The van der Waals surface area contributed by atoms with Gasteiger partial charge in [0.1, 0.15) is 11.6 Å². The monoisotopic (exact) mass is 343 g/mol. The summed E-state index contributed by atoms with van der Waals surface area (Å²) >= 11 is 0. The van der Waals surface area contributed by atoms with Gasteiger partial charge in [-0.3, -0.25) is 4.79 Å². The molecule has 0 bridgehead atoms. The van der Waals surface area contributed by atoms with Crippen LogP contribution >= 0.6 is 0 Å². The van der Waals surface area contributed by atoms with Gasteiger partial charge < -0.3 is 15.0 Å². The number of methoxy groups -OCH3 is 1. The minimum absolute atomic E-state index is 0.0345. The Labute approximate surface area is 138 Å². The molecule has 1 unspecified atom stereocenters. The van der Waals surface area contributed by atoms with Crippen molar-refractivity contribution in [2.24, 2.45) is 0 Å². The minimum Gasteiger partial charge on any atom is -0.383 e. The molecule has 1 saturated heterocycles. The van der Waals surface area contributed by atoms with E-state index in [0.717, 1.165) is 0 Å². The lowest BCUT2D eigenvalue weighted by molar-refractivity contribution is -0.118. The zero-order valence-electron chi connectivity index (χ0n) is 14.1. The molecule has 130 valence electrons. The average molecular weight is 343 g/mol. The molecule has 1 N–H and O–H groups in total. The number of nitrogens with one attached hydrogen (secondary N) is 1. The first-order chi connectivity index (χ1) is 10.6. The highest BCUT2D eigenvalue weighted by molar-refractivity contribution is 7.91. The number of sulfone groups is 1. The van der Waals surface area contributed by atoms with Crippen molar-refractivity contribution in [1.82, 2.24) is 10.2 Å². The van der Waals surface area contributed by atoms with Gasteiger partial charge in [0.05, 0.1) is 18.1 Å². The highest BCUT2D eigenvalue weighted by Crippen LogP contribution is 2.19. The van der Waals surface area contributed by atoms with Gasteiger partial charge in [0.15, 0.2) is 9.84 Å². The number of amides is 1. The summed E-state index contributed by atoms with van der Waals surface area (Å²) in [4.78, 5) is 13.9. The molecule has 0 aliphatic carbocycles. The van der Waals surface area contributed by atoms with Crippen molar-refractivity contribution in [3.63, 3.8) is 0 Å². The number of ether oxygens (including phenoxy) is 1. The van der Waals surface area contributed by atoms with Crippen LogP contribution in [0.15, 0.2) is 11.8 Å². The lowest BCUT2D eigenvalue weighted by Crippen LogP contribution is -2.42. The second kappa shape index (κ2) is 7.79. The Hall–Kier alpha value is -1.59. The molecule has 7 nitrogen and oxygen atoms in total. The van der Waals surface area contributed by atoms with Gasteiger partial charge in [-0.1, -0.05) is 0 Å². The molecule has 1 rings (SSSR count). The van der Waals surface area contributed by atoms with Crippen LogP contribution in [0.5, 0.6) is 0 Å². The van der Waals surface area contributed by atoms with E-state index < -0.39 is 21.3 Å². The molecular formula is C15H25N3O4S. The van der Waals surface area contributed by atoms with Crippen molar-refractivity contribution in [3.8, 4) is 6.07 Å². The number of carbonyl (C=O) groups excluding carboxylic acids is 1. The van der Waals surface area contributed by atoms with E-state index in [0.29, 0.717) is 19.6 Å². The SMILES string of the molecule is COCCN(/C=C(/C#N)C(=O)NC(C)(C)C)C1CCS(=O)(=O)C1. The Morgan fingerprint density at radius 2 is 2.13 bits per heavy atom. The van der Waals surface area contributed by atoms with E-state index >= 15 is 0 Å². The van der Waals surface area contributed by atoms with Gasteiger partial charge in [0.2, 0.25) is 0 Å². The second-order valence-corrected chi connectivity index (χ2v) is 8.87. The van der Waals surface area contributed by atoms with Crippen molar-refractivity contribution < 1.29 is 17.9 Å². The molecule has 0 aromatic heterocycles. The van der Waals surface area contributed by atoms with Crippen LogP contribution in [-0.2, 0) is 19.4 Å². The van der Waals surface area contributed by atoms with Crippen molar-refractivity contribution in [3.05, 3.63) is 11.8 Å². The molecule has 0 spiro atoms. The molecule has 1 heterocycles. The minimum atomic E-state index is -3.05. The number of hydrogen-bond acceptors (Lipinski definition) is 6. The van der Waals surface area contributed by atoms with E-state index in [1.165, 1.54) is 6.20 Å². The Balaban J connectivity index is 2.96. The predicted octanol–water partition coefficient (Wildman–Crippen LogP) is 0.444. The maximum atomic E-state index is 12.2. The van der Waals surface area contributed by atoms with Gasteiger partial charge in [-0.2, -0.15) is 5.26 Å². The molecular weight excluding hydrogens is 318 g/mol. The van der Waals surface area contributed by atoms with Gasteiger partial charge in [0, 0.05) is 31.4 Å². The first-order valence-corrected chi connectivity index (χ1v) is 9.29. The second-order valence-electron chi connectivity index (χ2n) is 6.65. The van der Waals surface area contributed by atoms with E-state index in [2.05, 4.69) is 5.32 Å². The summed E-state index contributed by atoms with van der Waals surface area (Å²) in [5.41, 5.74) is -0.499. The van der Waals surface area contributed by atoms with Crippen molar-refractivity contribution in [2.75, 3.05) is 31.8 Å². The van der Waals surface area contributed by atoms with Gasteiger partial charge in [-0.15, -0.1) is 0 Å². The summed E-state index contributed by atoms with van der Waals surface area (Å²) in [6.45, 7) is 6.28. The van der Waals surface area contributed by atoms with Gasteiger partial charge >= 0.3 is 0 Å². The maximum Gasteiger partial charge on any atom is 0.263 e.